The topological polar surface area (TPSA) is 65.1 Å². The molecule has 2 rings (SSSR count). The van der Waals surface area contributed by atoms with Gasteiger partial charge in [0.2, 0.25) is 5.72 Å². The van der Waals surface area contributed by atoms with E-state index in [1.165, 1.54) is 12.0 Å². The molecule has 0 saturated carbocycles. The number of benzene rings is 1. The van der Waals surface area contributed by atoms with E-state index in [0.717, 1.165) is 5.56 Å². The van der Waals surface area contributed by atoms with Crippen molar-refractivity contribution in [3.8, 4) is 0 Å². The average Bonchev–Trinajstić information content (AvgIpc) is 3.00. The van der Waals surface area contributed by atoms with Gasteiger partial charge in [-0.3, -0.25) is 4.90 Å². The number of methoxy groups -OCH3 is 1. The predicted molar refractivity (Wildman–Crippen MR) is 106 cm³/mol. The van der Waals surface area contributed by atoms with Crippen molar-refractivity contribution in [3.63, 3.8) is 0 Å². The molecule has 1 fully saturated rings. The molecule has 0 aliphatic carbocycles. The Labute approximate surface area is 163 Å². The van der Waals surface area contributed by atoms with Crippen LogP contribution in [0, 0.1) is 11.3 Å². The second-order valence-corrected chi connectivity index (χ2v) is 10.7. The molecule has 1 aromatic rings. The monoisotopic (exact) mass is 393 g/mol. The average molecular weight is 394 g/mol. The molecule has 27 heavy (non-hydrogen) atoms. The van der Waals surface area contributed by atoms with Crippen LogP contribution in [0.5, 0.6) is 0 Å². The van der Waals surface area contributed by atoms with Gasteiger partial charge in [-0.05, 0) is 30.0 Å². The maximum absolute atomic E-state index is 12.9. The van der Waals surface area contributed by atoms with Gasteiger partial charge in [0.15, 0.2) is 9.04 Å². The first kappa shape index (κ1) is 21.4. The zero-order valence-electron chi connectivity index (χ0n) is 17.2. The third-order valence-corrected chi connectivity index (χ3v) is 5.81. The van der Waals surface area contributed by atoms with Gasteiger partial charge in [0.25, 0.3) is 0 Å². The number of rotatable bonds is 5. The molecule has 1 unspecified atom stereocenters. The number of amides is 1. The van der Waals surface area contributed by atoms with Crippen molar-refractivity contribution in [2.24, 2.45) is 11.3 Å². The van der Waals surface area contributed by atoms with E-state index in [9.17, 15) is 9.59 Å². The lowest BCUT2D eigenvalue weighted by atomic mass is 9.79. The van der Waals surface area contributed by atoms with E-state index in [1.54, 1.807) is 0 Å². The second kappa shape index (κ2) is 8.44. The molecular weight excluding hydrogens is 362 g/mol. The van der Waals surface area contributed by atoms with E-state index in [0.29, 0.717) is 13.0 Å². The first-order valence-electron chi connectivity index (χ1n) is 9.34. The van der Waals surface area contributed by atoms with Crippen LogP contribution in [0.2, 0.25) is 13.1 Å². The Kier molecular flexibility index (Phi) is 6.70. The van der Waals surface area contributed by atoms with Crippen LogP contribution in [0.25, 0.3) is 0 Å². The molecular formula is C20H31NO5Si. The lowest BCUT2D eigenvalue weighted by molar-refractivity contribution is -0.173. The highest BCUT2D eigenvalue weighted by atomic mass is 28.3. The highest BCUT2D eigenvalue weighted by Gasteiger charge is 2.58. The number of esters is 1. The van der Waals surface area contributed by atoms with Gasteiger partial charge in [0.05, 0.1) is 7.11 Å². The summed E-state index contributed by atoms with van der Waals surface area (Å²) >= 11 is 0. The minimum atomic E-state index is -1.65. The van der Waals surface area contributed by atoms with E-state index < -0.39 is 26.8 Å². The standard InChI is InChI=1S/C20H31NO5Si/c1-19(2,3)16-12-20(17(22)24-4,26-27(5)6)21(13-16)18(23)25-14-15-10-8-7-9-11-15/h7-11,16,27H,12-14H2,1-6H3/t16?,20-/m1/s1. The molecule has 1 amide bonds. The summed E-state index contributed by atoms with van der Waals surface area (Å²) in [6, 6.07) is 9.46. The molecule has 0 spiro atoms. The maximum Gasteiger partial charge on any atom is 0.412 e. The van der Waals surface area contributed by atoms with Crippen LogP contribution in [0.1, 0.15) is 32.8 Å². The van der Waals surface area contributed by atoms with Gasteiger partial charge >= 0.3 is 12.1 Å². The minimum Gasteiger partial charge on any atom is -0.465 e. The van der Waals surface area contributed by atoms with Crippen LogP contribution in [-0.2, 0) is 25.3 Å². The Balaban J connectivity index is 2.29. The quantitative estimate of drug-likeness (QED) is 0.565. The molecule has 0 bridgehead atoms. The Morgan fingerprint density at radius 1 is 1.22 bits per heavy atom. The molecule has 1 aliphatic rings. The summed E-state index contributed by atoms with van der Waals surface area (Å²) in [7, 11) is -0.325. The molecule has 6 nitrogen and oxygen atoms in total. The summed E-state index contributed by atoms with van der Waals surface area (Å²) < 4.78 is 16.7. The molecule has 0 aromatic heterocycles. The van der Waals surface area contributed by atoms with Gasteiger partial charge in [0.1, 0.15) is 6.61 Å². The number of nitrogens with zero attached hydrogens (tertiary/aromatic N) is 1. The molecule has 150 valence electrons. The number of likely N-dealkylation sites (tertiary alicyclic amines) is 1. The van der Waals surface area contributed by atoms with Crippen molar-refractivity contribution in [1.82, 2.24) is 4.90 Å². The maximum atomic E-state index is 12.9. The van der Waals surface area contributed by atoms with Crippen molar-refractivity contribution in [2.45, 2.75) is 52.6 Å². The number of hydrogen-bond donors (Lipinski definition) is 0. The fourth-order valence-corrected chi connectivity index (χ4v) is 4.48. The molecule has 1 aromatic carbocycles. The van der Waals surface area contributed by atoms with Crippen LogP contribution >= 0.6 is 0 Å². The minimum absolute atomic E-state index is 0.0877. The van der Waals surface area contributed by atoms with Crippen molar-refractivity contribution < 1.29 is 23.5 Å². The summed E-state index contributed by atoms with van der Waals surface area (Å²) in [6.07, 6.45) is -0.139. The van der Waals surface area contributed by atoms with Gasteiger partial charge in [-0.1, -0.05) is 51.1 Å². The largest absolute Gasteiger partial charge is 0.465 e. The van der Waals surface area contributed by atoms with E-state index in [2.05, 4.69) is 20.8 Å². The van der Waals surface area contributed by atoms with Crippen LogP contribution in [0.15, 0.2) is 30.3 Å². The third kappa shape index (κ3) is 4.90. The van der Waals surface area contributed by atoms with Crippen LogP contribution < -0.4 is 0 Å². The van der Waals surface area contributed by atoms with Crippen LogP contribution in [0.3, 0.4) is 0 Å². The Hall–Kier alpha value is -1.86. The molecule has 7 heteroatoms. The van der Waals surface area contributed by atoms with Crippen LogP contribution in [-0.4, -0.2) is 45.4 Å². The smallest absolute Gasteiger partial charge is 0.412 e. The first-order valence-corrected chi connectivity index (χ1v) is 12.1. The molecule has 1 aliphatic heterocycles. The van der Waals surface area contributed by atoms with E-state index in [1.807, 2.05) is 43.4 Å². The molecule has 1 heterocycles. The summed E-state index contributed by atoms with van der Waals surface area (Å²) in [6.45, 7) is 10.8. The van der Waals surface area contributed by atoms with Crippen LogP contribution in [0.4, 0.5) is 4.79 Å². The molecule has 1 saturated heterocycles. The van der Waals surface area contributed by atoms with E-state index in [-0.39, 0.29) is 17.9 Å². The van der Waals surface area contributed by atoms with E-state index in [4.69, 9.17) is 13.9 Å². The van der Waals surface area contributed by atoms with Gasteiger partial charge in [-0.25, -0.2) is 9.59 Å². The number of carbonyl (C=O) groups is 2. The number of ether oxygens (including phenoxy) is 2. The normalized spacial score (nSPS) is 22.8. The summed E-state index contributed by atoms with van der Waals surface area (Å²) in [5.41, 5.74) is -0.600. The summed E-state index contributed by atoms with van der Waals surface area (Å²) in [5.74, 6) is -0.444. The first-order chi connectivity index (χ1) is 12.6. The van der Waals surface area contributed by atoms with Gasteiger partial charge < -0.3 is 13.9 Å². The second-order valence-electron chi connectivity index (χ2n) is 8.36. The zero-order valence-corrected chi connectivity index (χ0v) is 18.3. The Morgan fingerprint density at radius 3 is 2.37 bits per heavy atom. The Morgan fingerprint density at radius 2 is 1.85 bits per heavy atom. The van der Waals surface area contributed by atoms with Crippen molar-refractivity contribution in [2.75, 3.05) is 13.7 Å². The van der Waals surface area contributed by atoms with Gasteiger partial charge in [0, 0.05) is 13.0 Å². The fourth-order valence-electron chi connectivity index (χ4n) is 3.38. The lowest BCUT2D eigenvalue weighted by Gasteiger charge is -2.36. The summed E-state index contributed by atoms with van der Waals surface area (Å²) in [5, 5.41) is 0. The predicted octanol–water partition coefficient (Wildman–Crippen LogP) is 3.56. The third-order valence-electron chi connectivity index (χ3n) is 4.95. The van der Waals surface area contributed by atoms with Crippen molar-refractivity contribution >= 4 is 21.1 Å². The van der Waals surface area contributed by atoms with E-state index >= 15 is 0 Å². The van der Waals surface area contributed by atoms with Crippen molar-refractivity contribution in [3.05, 3.63) is 35.9 Å². The van der Waals surface area contributed by atoms with Crippen molar-refractivity contribution in [1.29, 1.82) is 0 Å². The van der Waals surface area contributed by atoms with Gasteiger partial charge in [-0.15, -0.1) is 0 Å². The Bertz CT molecular complexity index is 658. The lowest BCUT2D eigenvalue weighted by Crippen LogP contribution is -2.57. The highest BCUT2D eigenvalue weighted by Crippen LogP contribution is 2.44. The van der Waals surface area contributed by atoms with Gasteiger partial charge in [-0.2, -0.15) is 0 Å². The fraction of sp³-hybridized carbons (Fsp3) is 0.600. The molecule has 0 N–H and O–H groups in total. The zero-order chi connectivity index (χ0) is 20.2. The summed E-state index contributed by atoms with van der Waals surface area (Å²) in [4.78, 5) is 27.1. The highest BCUT2D eigenvalue weighted by molar-refractivity contribution is 6.48. The molecule has 0 radical (unpaired) electrons. The number of hydrogen-bond acceptors (Lipinski definition) is 5. The number of carbonyl (C=O) groups excluding carboxylic acids is 2. The SMILES string of the molecule is COC(=O)[C@]1(O[SiH](C)C)CC(C(C)(C)C)CN1C(=O)OCc1ccccc1. The molecule has 2 atom stereocenters.